The molecule has 0 bridgehead atoms. The highest BCUT2D eigenvalue weighted by molar-refractivity contribution is 9.11. The van der Waals surface area contributed by atoms with Crippen molar-refractivity contribution < 1.29 is 4.42 Å². The fourth-order valence-electron chi connectivity index (χ4n) is 1.49. The van der Waals surface area contributed by atoms with Gasteiger partial charge in [0.25, 0.3) is 0 Å². The van der Waals surface area contributed by atoms with Crippen molar-refractivity contribution in [3.8, 4) is 0 Å². The molecule has 2 aromatic heterocycles. The van der Waals surface area contributed by atoms with E-state index in [-0.39, 0.29) is 0 Å². The molecule has 2 heterocycles. The number of thiophene rings is 1. The molecule has 0 fully saturated rings. The molecule has 2 aromatic rings. The largest absolute Gasteiger partial charge is 0.464 e. The van der Waals surface area contributed by atoms with Gasteiger partial charge < -0.3 is 9.73 Å². The highest BCUT2D eigenvalue weighted by atomic mass is 79.9. The molecule has 0 saturated carbocycles. The average Bonchev–Trinajstić information content (AvgIpc) is 2.89. The quantitative estimate of drug-likeness (QED) is 0.856. The van der Waals surface area contributed by atoms with E-state index in [0.29, 0.717) is 0 Å². The first kappa shape index (κ1) is 13.2. The second kappa shape index (κ2) is 6.64. The summed E-state index contributed by atoms with van der Waals surface area (Å²) < 4.78 is 6.85. The fraction of sp³-hybridized carbons (Fsp3) is 0.333. The van der Waals surface area contributed by atoms with Gasteiger partial charge in [-0.1, -0.05) is 0 Å². The molecule has 0 aromatic carbocycles. The first-order chi connectivity index (χ1) is 8.28. The van der Waals surface area contributed by atoms with Gasteiger partial charge in [0.2, 0.25) is 0 Å². The average molecular weight is 332 g/mol. The summed E-state index contributed by atoms with van der Waals surface area (Å²) in [6.45, 7) is 1.67. The van der Waals surface area contributed by atoms with Crippen LogP contribution in [-0.4, -0.2) is 6.26 Å². The van der Waals surface area contributed by atoms with Crippen LogP contribution in [-0.2, 0) is 18.8 Å². The molecule has 17 heavy (non-hydrogen) atoms. The summed E-state index contributed by atoms with van der Waals surface area (Å²) in [7, 11) is 0. The molecule has 92 valence electrons. The van der Waals surface area contributed by atoms with Gasteiger partial charge >= 0.3 is 0 Å². The number of nitrogens with one attached hydrogen (secondary N) is 1. The number of hydrogen-bond donors (Lipinski definition) is 1. The Balaban J connectivity index is 1.77. The van der Waals surface area contributed by atoms with E-state index in [4.69, 9.17) is 4.42 Å². The standard InChI is InChI=1S/C12H14BrNOS2/c1-16-8-10-3-2-9(15-10)6-14-7-11-4-5-12(13)17-11/h2-5,14H,6-8H2,1H3. The van der Waals surface area contributed by atoms with Crippen molar-refractivity contribution >= 4 is 39.0 Å². The van der Waals surface area contributed by atoms with Gasteiger partial charge in [0.1, 0.15) is 11.5 Å². The number of hydrogen-bond acceptors (Lipinski definition) is 4. The molecule has 0 aliphatic carbocycles. The van der Waals surface area contributed by atoms with E-state index in [1.807, 2.05) is 6.07 Å². The van der Waals surface area contributed by atoms with Crippen molar-refractivity contribution in [1.82, 2.24) is 5.32 Å². The minimum atomic E-state index is 0.782. The zero-order chi connectivity index (χ0) is 12.1. The van der Waals surface area contributed by atoms with Gasteiger partial charge in [-0.3, -0.25) is 0 Å². The number of halogens is 1. The minimum absolute atomic E-state index is 0.782. The third-order valence-corrected chi connectivity index (χ3v) is 4.43. The molecule has 0 spiro atoms. The maximum absolute atomic E-state index is 5.68. The highest BCUT2D eigenvalue weighted by Crippen LogP contribution is 2.21. The van der Waals surface area contributed by atoms with Crippen LogP contribution in [0.2, 0.25) is 0 Å². The van der Waals surface area contributed by atoms with Crippen LogP contribution in [0.1, 0.15) is 16.4 Å². The van der Waals surface area contributed by atoms with Gasteiger partial charge in [-0.25, -0.2) is 0 Å². The second-order valence-corrected chi connectivity index (χ2v) is 7.02. The van der Waals surface area contributed by atoms with E-state index < -0.39 is 0 Å². The van der Waals surface area contributed by atoms with Crippen molar-refractivity contribution in [3.05, 3.63) is 44.4 Å². The maximum atomic E-state index is 5.68. The van der Waals surface area contributed by atoms with Gasteiger partial charge in [-0.2, -0.15) is 11.8 Å². The zero-order valence-electron chi connectivity index (χ0n) is 9.53. The van der Waals surface area contributed by atoms with Crippen LogP contribution >= 0.6 is 39.0 Å². The lowest BCUT2D eigenvalue weighted by molar-refractivity contribution is 0.460. The Hall–Kier alpha value is -0.230. The minimum Gasteiger partial charge on any atom is -0.464 e. The molecule has 5 heteroatoms. The Kier molecular flexibility index (Phi) is 5.16. The molecule has 0 atom stereocenters. The topological polar surface area (TPSA) is 25.2 Å². The third kappa shape index (κ3) is 4.17. The first-order valence-electron chi connectivity index (χ1n) is 5.29. The zero-order valence-corrected chi connectivity index (χ0v) is 12.8. The summed E-state index contributed by atoms with van der Waals surface area (Å²) >= 11 is 6.99. The highest BCUT2D eigenvalue weighted by Gasteiger charge is 2.02. The Labute approximate surface area is 118 Å². The van der Waals surface area contributed by atoms with Crippen LogP contribution in [0.15, 0.2) is 32.5 Å². The number of thioether (sulfide) groups is 1. The van der Waals surface area contributed by atoms with Crippen molar-refractivity contribution in [1.29, 1.82) is 0 Å². The van der Waals surface area contributed by atoms with Gasteiger partial charge in [0.05, 0.1) is 16.1 Å². The molecule has 0 unspecified atom stereocenters. The van der Waals surface area contributed by atoms with Crippen LogP contribution in [0.5, 0.6) is 0 Å². The molecule has 0 aliphatic rings. The molecule has 2 rings (SSSR count). The third-order valence-electron chi connectivity index (χ3n) is 2.23. The summed E-state index contributed by atoms with van der Waals surface area (Å²) in [5.41, 5.74) is 0. The fourth-order valence-corrected chi connectivity index (χ4v) is 3.39. The second-order valence-electron chi connectivity index (χ2n) is 3.61. The molecule has 0 amide bonds. The lowest BCUT2D eigenvalue weighted by atomic mass is 10.4. The Morgan fingerprint density at radius 1 is 1.24 bits per heavy atom. The van der Waals surface area contributed by atoms with Gasteiger partial charge in [-0.05, 0) is 46.5 Å². The first-order valence-corrected chi connectivity index (χ1v) is 8.29. The summed E-state index contributed by atoms with van der Waals surface area (Å²) in [6, 6.07) is 8.30. The normalized spacial score (nSPS) is 10.9. The maximum Gasteiger partial charge on any atom is 0.118 e. The lowest BCUT2D eigenvalue weighted by Crippen LogP contribution is -2.10. The monoisotopic (exact) mass is 331 g/mol. The van der Waals surface area contributed by atoms with E-state index in [1.165, 1.54) is 8.66 Å². The summed E-state index contributed by atoms with van der Waals surface area (Å²) in [5.74, 6) is 3.00. The predicted octanol–water partition coefficient (Wildman–Crippen LogP) is 4.26. The van der Waals surface area contributed by atoms with Crippen LogP contribution in [0.25, 0.3) is 0 Å². The van der Waals surface area contributed by atoms with Crippen molar-refractivity contribution in [2.24, 2.45) is 0 Å². The van der Waals surface area contributed by atoms with E-state index >= 15 is 0 Å². The molecule has 0 saturated heterocycles. The van der Waals surface area contributed by atoms with Crippen molar-refractivity contribution in [3.63, 3.8) is 0 Å². The molecular formula is C12H14BrNOS2. The molecule has 0 radical (unpaired) electrons. The van der Waals surface area contributed by atoms with E-state index in [1.54, 1.807) is 23.1 Å². The smallest absolute Gasteiger partial charge is 0.118 e. The Bertz CT molecular complexity index is 467. The SMILES string of the molecule is CSCc1ccc(CNCc2ccc(Br)s2)o1. The number of furan rings is 1. The lowest BCUT2D eigenvalue weighted by Gasteiger charge is -2.00. The molecule has 0 aliphatic heterocycles. The van der Waals surface area contributed by atoms with E-state index in [9.17, 15) is 0 Å². The van der Waals surface area contributed by atoms with Crippen LogP contribution in [0.3, 0.4) is 0 Å². The predicted molar refractivity (Wildman–Crippen MR) is 78.5 cm³/mol. The van der Waals surface area contributed by atoms with Crippen LogP contribution < -0.4 is 5.32 Å². The van der Waals surface area contributed by atoms with Gasteiger partial charge in [0, 0.05) is 11.4 Å². The summed E-state index contributed by atoms with van der Waals surface area (Å²) in [5, 5.41) is 3.38. The molecule has 2 nitrogen and oxygen atoms in total. The Morgan fingerprint density at radius 2 is 2.06 bits per heavy atom. The van der Waals surface area contributed by atoms with E-state index in [2.05, 4.69) is 45.7 Å². The van der Waals surface area contributed by atoms with E-state index in [0.717, 1.165) is 30.4 Å². The van der Waals surface area contributed by atoms with Crippen molar-refractivity contribution in [2.75, 3.05) is 6.26 Å². The summed E-state index contributed by atoms with van der Waals surface area (Å²) in [6.07, 6.45) is 2.08. The van der Waals surface area contributed by atoms with Crippen molar-refractivity contribution in [2.45, 2.75) is 18.8 Å². The number of rotatable bonds is 6. The van der Waals surface area contributed by atoms with Gasteiger partial charge in [-0.15, -0.1) is 11.3 Å². The molecule has 1 N–H and O–H groups in total. The van der Waals surface area contributed by atoms with Crippen LogP contribution in [0.4, 0.5) is 0 Å². The molecular weight excluding hydrogens is 318 g/mol. The van der Waals surface area contributed by atoms with Crippen LogP contribution in [0, 0.1) is 0 Å². The summed E-state index contributed by atoms with van der Waals surface area (Å²) in [4.78, 5) is 1.33. The van der Waals surface area contributed by atoms with Gasteiger partial charge in [0.15, 0.2) is 0 Å². The Morgan fingerprint density at radius 3 is 2.76 bits per heavy atom.